The van der Waals surface area contributed by atoms with Gasteiger partial charge in [-0.1, -0.05) is 6.07 Å². The van der Waals surface area contributed by atoms with E-state index < -0.39 is 29.0 Å². The summed E-state index contributed by atoms with van der Waals surface area (Å²) in [7, 11) is 0. The summed E-state index contributed by atoms with van der Waals surface area (Å²) < 4.78 is 47.6. The van der Waals surface area contributed by atoms with Crippen molar-refractivity contribution in [2.24, 2.45) is 0 Å². The predicted molar refractivity (Wildman–Crippen MR) is 91.0 cm³/mol. The van der Waals surface area contributed by atoms with Crippen molar-refractivity contribution in [3.8, 4) is 0 Å². The van der Waals surface area contributed by atoms with Crippen LogP contribution in [-0.2, 0) is 22.3 Å². The summed E-state index contributed by atoms with van der Waals surface area (Å²) in [5.41, 5.74) is -1.04. The van der Waals surface area contributed by atoms with Crippen molar-refractivity contribution in [2.75, 3.05) is 0 Å². The van der Waals surface area contributed by atoms with Crippen LogP contribution in [0.3, 0.4) is 0 Å². The van der Waals surface area contributed by atoms with Crippen LogP contribution >= 0.6 is 0 Å². The Bertz CT molecular complexity index is 910. The van der Waals surface area contributed by atoms with E-state index in [0.29, 0.717) is 11.2 Å². The number of carbonyl (C=O) groups excluding carboxylic acids is 1. The minimum absolute atomic E-state index is 0.0311. The van der Waals surface area contributed by atoms with Gasteiger partial charge in [0.15, 0.2) is 5.69 Å². The maximum absolute atomic E-state index is 13.6. The highest BCUT2D eigenvalue weighted by molar-refractivity contribution is 5.91. The van der Waals surface area contributed by atoms with E-state index in [2.05, 4.69) is 4.85 Å². The van der Waals surface area contributed by atoms with Gasteiger partial charge in [0.25, 0.3) is 0 Å². The van der Waals surface area contributed by atoms with Crippen molar-refractivity contribution in [1.29, 1.82) is 0 Å². The third-order valence-electron chi connectivity index (χ3n) is 4.20. The molecule has 4 nitrogen and oxygen atoms in total. The molecule has 0 radical (unpaired) electrons. The maximum atomic E-state index is 13.6. The minimum Gasteiger partial charge on any atom is -0.459 e. The SMILES string of the molecule is [C-]#[N+]c1ccc2c(cc(C3CC3)n2CC(=O)OC(C)(C)C)c1C(F)(F)F. The number of fused-ring (bicyclic) bond motifs is 1. The number of aromatic nitrogens is 1. The van der Waals surface area contributed by atoms with Gasteiger partial charge < -0.3 is 9.30 Å². The fraction of sp³-hybridized carbons (Fsp3) is 0.474. The molecule has 0 N–H and O–H groups in total. The van der Waals surface area contributed by atoms with Crippen molar-refractivity contribution in [3.05, 3.63) is 40.9 Å². The molecule has 7 heteroatoms. The first-order chi connectivity index (χ1) is 12.0. The lowest BCUT2D eigenvalue weighted by molar-refractivity contribution is -0.155. The van der Waals surface area contributed by atoms with E-state index in [1.165, 1.54) is 18.2 Å². The van der Waals surface area contributed by atoms with Crippen molar-refractivity contribution >= 4 is 22.6 Å². The average molecular weight is 364 g/mol. The molecular weight excluding hydrogens is 345 g/mol. The van der Waals surface area contributed by atoms with Crippen molar-refractivity contribution < 1.29 is 22.7 Å². The van der Waals surface area contributed by atoms with Crippen LogP contribution in [0.5, 0.6) is 0 Å². The molecular formula is C19H19F3N2O2. The van der Waals surface area contributed by atoms with Crippen LogP contribution in [0, 0.1) is 6.57 Å². The Morgan fingerprint density at radius 2 is 1.96 bits per heavy atom. The lowest BCUT2D eigenvalue weighted by Gasteiger charge is -2.20. The van der Waals surface area contributed by atoms with Crippen molar-refractivity contribution in [2.45, 2.75) is 57.9 Å². The Hall–Kier alpha value is -2.49. The number of halogens is 3. The van der Waals surface area contributed by atoms with E-state index in [1.54, 1.807) is 25.3 Å². The van der Waals surface area contributed by atoms with Gasteiger partial charge in [-0.05, 0) is 51.7 Å². The second-order valence-electron chi connectivity index (χ2n) is 7.52. The third kappa shape index (κ3) is 3.55. The van der Waals surface area contributed by atoms with Gasteiger partial charge >= 0.3 is 12.1 Å². The first-order valence-electron chi connectivity index (χ1n) is 8.34. The largest absolute Gasteiger partial charge is 0.459 e. The number of hydrogen-bond donors (Lipinski definition) is 0. The third-order valence-corrected chi connectivity index (χ3v) is 4.20. The molecule has 26 heavy (non-hydrogen) atoms. The Balaban J connectivity index is 2.15. The molecule has 0 amide bonds. The van der Waals surface area contributed by atoms with Gasteiger partial charge in [0.05, 0.1) is 12.1 Å². The molecule has 138 valence electrons. The standard InChI is InChI=1S/C19H19F3N2O2/c1-18(2,3)26-16(25)10-24-14-8-7-13(23-4)17(19(20,21)22)12(14)9-15(24)11-5-6-11/h7-9,11H,5-6,10H2,1-3H3. The van der Waals surface area contributed by atoms with Gasteiger partial charge in [0.2, 0.25) is 0 Å². The molecule has 2 aromatic rings. The summed E-state index contributed by atoms with van der Waals surface area (Å²) in [4.78, 5) is 15.3. The molecule has 0 bridgehead atoms. The number of nitrogens with zero attached hydrogens (tertiary/aromatic N) is 2. The van der Waals surface area contributed by atoms with Crippen molar-refractivity contribution in [3.63, 3.8) is 0 Å². The Morgan fingerprint density at radius 3 is 2.46 bits per heavy atom. The zero-order valence-corrected chi connectivity index (χ0v) is 14.8. The first-order valence-corrected chi connectivity index (χ1v) is 8.34. The summed E-state index contributed by atoms with van der Waals surface area (Å²) in [5, 5.41) is -0.0311. The molecule has 3 rings (SSSR count). The molecule has 1 aliphatic rings. The van der Waals surface area contributed by atoms with E-state index in [0.717, 1.165) is 12.8 Å². The average Bonchev–Trinajstić information content (AvgIpc) is 3.27. The lowest BCUT2D eigenvalue weighted by atomic mass is 10.1. The summed E-state index contributed by atoms with van der Waals surface area (Å²) in [5.74, 6) is -0.359. The highest BCUT2D eigenvalue weighted by Crippen LogP contribution is 2.47. The molecule has 1 aromatic heterocycles. The smallest absolute Gasteiger partial charge is 0.408 e. The fourth-order valence-electron chi connectivity index (χ4n) is 3.13. The fourth-order valence-corrected chi connectivity index (χ4v) is 3.13. The van der Waals surface area contributed by atoms with E-state index in [4.69, 9.17) is 11.3 Å². The Labute approximate surface area is 149 Å². The molecule has 1 heterocycles. The number of esters is 1. The van der Waals surface area contributed by atoms with Crippen LogP contribution < -0.4 is 0 Å². The Morgan fingerprint density at radius 1 is 1.31 bits per heavy atom. The predicted octanol–water partition coefficient (Wildman–Crippen LogP) is 5.43. The monoisotopic (exact) mass is 364 g/mol. The molecule has 0 saturated heterocycles. The number of rotatable bonds is 3. The van der Waals surface area contributed by atoms with Crippen LogP contribution in [0.4, 0.5) is 18.9 Å². The van der Waals surface area contributed by atoms with E-state index >= 15 is 0 Å². The van der Waals surface area contributed by atoms with Crippen LogP contribution in [0.25, 0.3) is 15.7 Å². The molecule has 1 aliphatic carbocycles. The van der Waals surface area contributed by atoms with Gasteiger partial charge in [0.1, 0.15) is 12.1 Å². The minimum atomic E-state index is -4.64. The number of carbonyl (C=O) groups is 1. The van der Waals surface area contributed by atoms with Crippen LogP contribution in [0.1, 0.15) is 50.8 Å². The van der Waals surface area contributed by atoms with E-state index in [1.807, 2.05) is 0 Å². The summed E-state index contributed by atoms with van der Waals surface area (Å²) in [6, 6.07) is 4.13. The zero-order valence-electron chi connectivity index (χ0n) is 14.8. The number of alkyl halides is 3. The highest BCUT2D eigenvalue weighted by atomic mass is 19.4. The van der Waals surface area contributed by atoms with Crippen LogP contribution in [0.2, 0.25) is 0 Å². The van der Waals surface area contributed by atoms with Gasteiger partial charge in [-0.25, -0.2) is 4.85 Å². The topological polar surface area (TPSA) is 35.6 Å². The molecule has 0 aliphatic heterocycles. The summed E-state index contributed by atoms with van der Waals surface area (Å²) in [6.45, 7) is 12.1. The lowest BCUT2D eigenvalue weighted by Crippen LogP contribution is -2.26. The normalized spacial score (nSPS) is 15.1. The quantitative estimate of drug-likeness (QED) is 0.538. The van der Waals surface area contributed by atoms with E-state index in [9.17, 15) is 18.0 Å². The van der Waals surface area contributed by atoms with E-state index in [-0.39, 0.29) is 17.8 Å². The highest BCUT2D eigenvalue weighted by Gasteiger charge is 2.38. The molecule has 1 aromatic carbocycles. The summed E-state index contributed by atoms with van der Waals surface area (Å²) >= 11 is 0. The number of benzene rings is 1. The second-order valence-corrected chi connectivity index (χ2v) is 7.52. The Kier molecular flexibility index (Phi) is 4.26. The number of ether oxygens (including phenoxy) is 1. The zero-order chi connectivity index (χ0) is 19.3. The maximum Gasteiger partial charge on any atom is 0.408 e. The number of hydrogen-bond acceptors (Lipinski definition) is 2. The molecule has 1 saturated carbocycles. The molecule has 0 unspecified atom stereocenters. The first kappa shape index (κ1) is 18.3. The van der Waals surface area contributed by atoms with Gasteiger partial charge in [-0.15, -0.1) is 0 Å². The molecule has 0 atom stereocenters. The second kappa shape index (κ2) is 6.04. The van der Waals surface area contributed by atoms with Crippen molar-refractivity contribution in [1.82, 2.24) is 4.57 Å². The molecule has 1 fully saturated rings. The van der Waals surface area contributed by atoms with Gasteiger partial charge in [-0.2, -0.15) is 13.2 Å². The van der Waals surface area contributed by atoms with Crippen LogP contribution in [0.15, 0.2) is 18.2 Å². The van der Waals surface area contributed by atoms with Gasteiger partial charge in [0, 0.05) is 16.6 Å². The molecule has 0 spiro atoms. The van der Waals surface area contributed by atoms with Gasteiger partial charge in [-0.3, -0.25) is 4.79 Å². The van der Waals surface area contributed by atoms with Crippen LogP contribution in [-0.4, -0.2) is 16.1 Å². The summed E-state index contributed by atoms with van der Waals surface area (Å²) in [6.07, 6.45) is -2.89.